The molecule has 0 radical (unpaired) electrons. The molecule has 4 nitrogen and oxygen atoms in total. The van der Waals surface area contributed by atoms with E-state index in [1.54, 1.807) is 6.20 Å². The van der Waals surface area contributed by atoms with Crippen molar-refractivity contribution in [2.24, 2.45) is 5.73 Å². The predicted molar refractivity (Wildman–Crippen MR) is 56.6 cm³/mol. The molecule has 0 aromatic carbocycles. The Morgan fingerprint density at radius 3 is 3.13 bits per heavy atom. The average molecular weight is 210 g/mol. The molecule has 1 atom stereocenters. The first-order valence-corrected chi connectivity index (χ1v) is 5.63. The molecule has 0 bridgehead atoms. The summed E-state index contributed by atoms with van der Waals surface area (Å²) in [6.07, 6.45) is 7.25. The van der Waals surface area contributed by atoms with Crippen LogP contribution in [0.2, 0.25) is 0 Å². The van der Waals surface area contributed by atoms with Gasteiger partial charge in [0.05, 0.1) is 12.3 Å². The van der Waals surface area contributed by atoms with Gasteiger partial charge in [0, 0.05) is 26.0 Å². The number of hydrogen-bond donors (Lipinski definition) is 1. The Bertz CT molecular complexity index is 293. The fourth-order valence-corrected chi connectivity index (χ4v) is 1.87. The quantitative estimate of drug-likeness (QED) is 0.813. The third-order valence-corrected chi connectivity index (χ3v) is 2.66. The molecule has 1 aliphatic rings. The molecule has 2 rings (SSSR count). The van der Waals surface area contributed by atoms with Crippen molar-refractivity contribution in [3.63, 3.8) is 0 Å². The minimum atomic E-state index is 0.317. The zero-order valence-corrected chi connectivity index (χ0v) is 8.95. The smallest absolute Gasteiger partial charge is 0.195 e. The number of nitrogens with zero attached hydrogens (tertiary/aromatic N) is 1. The minimum absolute atomic E-state index is 0.317. The van der Waals surface area contributed by atoms with Crippen molar-refractivity contribution >= 4 is 0 Å². The van der Waals surface area contributed by atoms with Crippen molar-refractivity contribution in [3.8, 4) is 0 Å². The van der Waals surface area contributed by atoms with E-state index in [2.05, 4.69) is 4.98 Å². The van der Waals surface area contributed by atoms with Crippen LogP contribution in [0.5, 0.6) is 0 Å². The van der Waals surface area contributed by atoms with Crippen LogP contribution in [0.1, 0.15) is 30.9 Å². The lowest BCUT2D eigenvalue weighted by molar-refractivity contribution is 0.0138. The Balaban J connectivity index is 1.86. The molecule has 1 unspecified atom stereocenters. The number of aromatic nitrogens is 1. The van der Waals surface area contributed by atoms with Crippen LogP contribution in [0, 0.1) is 0 Å². The van der Waals surface area contributed by atoms with Crippen LogP contribution in [0.15, 0.2) is 10.6 Å². The third kappa shape index (κ3) is 3.04. The van der Waals surface area contributed by atoms with Crippen LogP contribution in [-0.2, 0) is 17.6 Å². The summed E-state index contributed by atoms with van der Waals surface area (Å²) in [5, 5.41) is 0. The van der Waals surface area contributed by atoms with Gasteiger partial charge >= 0.3 is 0 Å². The maximum atomic E-state index is 5.64. The summed E-state index contributed by atoms with van der Waals surface area (Å²) in [7, 11) is 0. The van der Waals surface area contributed by atoms with Crippen LogP contribution >= 0.6 is 0 Å². The molecule has 1 aliphatic heterocycles. The van der Waals surface area contributed by atoms with E-state index in [1.165, 1.54) is 12.8 Å². The Hall–Kier alpha value is -0.870. The molecule has 0 saturated carbocycles. The molecular formula is C11H18N2O2. The second kappa shape index (κ2) is 5.28. The van der Waals surface area contributed by atoms with Gasteiger partial charge in [0.25, 0.3) is 0 Å². The minimum Gasteiger partial charge on any atom is -0.446 e. The molecule has 1 saturated heterocycles. The highest BCUT2D eigenvalue weighted by atomic mass is 16.5. The van der Waals surface area contributed by atoms with E-state index in [4.69, 9.17) is 14.9 Å². The van der Waals surface area contributed by atoms with E-state index < -0.39 is 0 Å². The Labute approximate surface area is 89.8 Å². The highest BCUT2D eigenvalue weighted by Gasteiger charge is 2.16. The predicted octanol–water partition coefficient (Wildman–Crippen LogP) is 1.29. The van der Waals surface area contributed by atoms with Crippen LogP contribution in [-0.4, -0.2) is 24.2 Å². The van der Waals surface area contributed by atoms with Gasteiger partial charge < -0.3 is 14.9 Å². The van der Waals surface area contributed by atoms with Crippen molar-refractivity contribution < 1.29 is 9.15 Å². The second-order valence-electron chi connectivity index (χ2n) is 3.95. The summed E-state index contributed by atoms with van der Waals surface area (Å²) in [6, 6.07) is 0. The van der Waals surface area contributed by atoms with Crippen LogP contribution in [0.25, 0.3) is 0 Å². The zero-order valence-electron chi connectivity index (χ0n) is 8.95. The van der Waals surface area contributed by atoms with Gasteiger partial charge in [0.2, 0.25) is 0 Å². The summed E-state index contributed by atoms with van der Waals surface area (Å²) >= 11 is 0. The van der Waals surface area contributed by atoms with Crippen LogP contribution in [0.3, 0.4) is 0 Å². The van der Waals surface area contributed by atoms with E-state index >= 15 is 0 Å². The highest BCUT2D eigenvalue weighted by molar-refractivity contribution is 4.96. The number of oxazole rings is 1. The molecular weight excluding hydrogens is 192 g/mol. The van der Waals surface area contributed by atoms with Gasteiger partial charge in [0.15, 0.2) is 5.89 Å². The third-order valence-electron chi connectivity index (χ3n) is 2.66. The van der Waals surface area contributed by atoms with E-state index in [0.29, 0.717) is 19.1 Å². The van der Waals surface area contributed by atoms with E-state index in [-0.39, 0.29) is 0 Å². The maximum absolute atomic E-state index is 5.64. The molecule has 4 heteroatoms. The molecule has 1 aromatic rings. The molecule has 1 fully saturated rings. The lowest BCUT2D eigenvalue weighted by Gasteiger charge is -2.21. The first-order valence-electron chi connectivity index (χ1n) is 5.63. The molecule has 0 amide bonds. The summed E-state index contributed by atoms with van der Waals surface area (Å²) < 4.78 is 11.2. The maximum Gasteiger partial charge on any atom is 0.195 e. The van der Waals surface area contributed by atoms with Crippen molar-refractivity contribution in [3.05, 3.63) is 17.8 Å². The molecule has 15 heavy (non-hydrogen) atoms. The summed E-state index contributed by atoms with van der Waals surface area (Å²) in [4.78, 5) is 4.17. The van der Waals surface area contributed by atoms with Crippen molar-refractivity contribution in [1.82, 2.24) is 4.98 Å². The Kier molecular flexibility index (Phi) is 3.75. The normalized spacial score (nSPS) is 21.8. The van der Waals surface area contributed by atoms with Gasteiger partial charge in [-0.15, -0.1) is 0 Å². The van der Waals surface area contributed by atoms with Gasteiger partial charge in [-0.25, -0.2) is 4.98 Å². The van der Waals surface area contributed by atoms with Crippen LogP contribution < -0.4 is 5.73 Å². The lowest BCUT2D eigenvalue weighted by Crippen LogP contribution is -2.21. The standard InChI is InChI=1S/C11H18N2O2/c12-5-4-11-13-8-10(15-11)7-9-3-1-2-6-14-9/h8-9H,1-7,12H2. The van der Waals surface area contributed by atoms with Crippen molar-refractivity contribution in [1.29, 1.82) is 0 Å². The van der Waals surface area contributed by atoms with Gasteiger partial charge in [0.1, 0.15) is 5.76 Å². The average Bonchev–Trinajstić information content (AvgIpc) is 2.68. The summed E-state index contributed by atoms with van der Waals surface area (Å²) in [6.45, 7) is 1.47. The Morgan fingerprint density at radius 2 is 2.40 bits per heavy atom. The van der Waals surface area contributed by atoms with Crippen molar-refractivity contribution in [2.75, 3.05) is 13.2 Å². The van der Waals surface area contributed by atoms with E-state index in [9.17, 15) is 0 Å². The zero-order chi connectivity index (χ0) is 10.5. The molecule has 84 valence electrons. The van der Waals surface area contributed by atoms with Gasteiger partial charge in [-0.05, 0) is 19.3 Å². The summed E-state index contributed by atoms with van der Waals surface area (Å²) in [5.41, 5.74) is 5.43. The number of nitrogens with two attached hydrogens (primary N) is 1. The first kappa shape index (κ1) is 10.6. The second-order valence-corrected chi connectivity index (χ2v) is 3.95. The molecule has 2 heterocycles. The van der Waals surface area contributed by atoms with Gasteiger partial charge in [-0.1, -0.05) is 0 Å². The summed E-state index contributed by atoms with van der Waals surface area (Å²) in [5.74, 6) is 1.66. The molecule has 1 aromatic heterocycles. The fraction of sp³-hybridized carbons (Fsp3) is 0.727. The number of ether oxygens (including phenoxy) is 1. The Morgan fingerprint density at radius 1 is 1.47 bits per heavy atom. The molecule has 0 aliphatic carbocycles. The largest absolute Gasteiger partial charge is 0.446 e. The SMILES string of the molecule is NCCc1ncc(CC2CCCCO2)o1. The monoisotopic (exact) mass is 210 g/mol. The first-order chi connectivity index (χ1) is 7.38. The number of rotatable bonds is 4. The molecule has 0 spiro atoms. The van der Waals surface area contributed by atoms with Crippen LogP contribution in [0.4, 0.5) is 0 Å². The van der Waals surface area contributed by atoms with Gasteiger partial charge in [-0.2, -0.15) is 0 Å². The van der Waals surface area contributed by atoms with E-state index in [0.717, 1.165) is 31.1 Å². The lowest BCUT2D eigenvalue weighted by atomic mass is 10.1. The van der Waals surface area contributed by atoms with Crippen molar-refractivity contribution in [2.45, 2.75) is 38.2 Å². The number of hydrogen-bond acceptors (Lipinski definition) is 4. The highest BCUT2D eigenvalue weighted by Crippen LogP contribution is 2.17. The van der Waals surface area contributed by atoms with Gasteiger partial charge in [-0.3, -0.25) is 0 Å². The fourth-order valence-electron chi connectivity index (χ4n) is 1.87. The van der Waals surface area contributed by atoms with E-state index in [1.807, 2.05) is 0 Å². The molecule has 2 N–H and O–H groups in total. The topological polar surface area (TPSA) is 61.3 Å².